The van der Waals surface area contributed by atoms with Crippen LogP contribution < -0.4 is 15.2 Å². The molecular weight excluding hydrogens is 711 g/mol. The number of pyridine rings is 2. The summed E-state index contributed by atoms with van der Waals surface area (Å²) in [5.74, 6) is -0.722. The van der Waals surface area contributed by atoms with Gasteiger partial charge in [-0.25, -0.2) is 0 Å². The third-order valence-electron chi connectivity index (χ3n) is 10.3. The van der Waals surface area contributed by atoms with E-state index in [1.807, 2.05) is 18.2 Å². The number of nitrogens with two attached hydrogens (primary N) is 1. The molecule has 0 bridgehead atoms. The van der Waals surface area contributed by atoms with Crippen LogP contribution in [0.5, 0.6) is 11.8 Å². The molecule has 5 aromatic rings. The van der Waals surface area contributed by atoms with Gasteiger partial charge in [0.2, 0.25) is 11.8 Å². The molecule has 3 aromatic carbocycles. The molecule has 9 nitrogen and oxygen atoms in total. The second-order valence-corrected chi connectivity index (χ2v) is 14.9. The van der Waals surface area contributed by atoms with E-state index in [0.717, 1.165) is 52.6 Å². The van der Waals surface area contributed by atoms with Crippen LogP contribution >= 0.6 is 23.2 Å². The van der Waals surface area contributed by atoms with Crippen molar-refractivity contribution in [3.63, 3.8) is 0 Å². The van der Waals surface area contributed by atoms with Crippen molar-refractivity contribution in [1.82, 2.24) is 9.97 Å². The summed E-state index contributed by atoms with van der Waals surface area (Å²) < 4.78 is 12.7. The topological polar surface area (TPSA) is 152 Å². The van der Waals surface area contributed by atoms with Gasteiger partial charge in [-0.2, -0.15) is 10.2 Å². The molecule has 2 heterocycles. The molecule has 4 N–H and O–H groups in total. The SMILES string of the molecule is C[C@@](CO)(CCc1cc(Cl)c(O[C@H]2CCc3c(-c4cccc(-c5ccc6c(c5)CC(N)C6)c4Cl)cccc32)nc1OCc1cncc(C#N)c1)C(=O)O. The van der Waals surface area contributed by atoms with Gasteiger partial charge in [-0.15, -0.1) is 0 Å². The minimum absolute atomic E-state index is 0.0498. The molecule has 0 saturated heterocycles. The first kappa shape index (κ1) is 36.4. The average Bonchev–Trinajstić information content (AvgIpc) is 3.76. The van der Waals surface area contributed by atoms with Crippen molar-refractivity contribution >= 4 is 29.2 Å². The molecule has 11 heteroatoms. The highest BCUT2D eigenvalue weighted by atomic mass is 35.5. The molecule has 2 aromatic heterocycles. The molecule has 53 heavy (non-hydrogen) atoms. The second-order valence-electron chi connectivity index (χ2n) is 14.1. The van der Waals surface area contributed by atoms with E-state index in [1.165, 1.54) is 24.2 Å². The molecule has 270 valence electrons. The minimum atomic E-state index is -1.37. The minimum Gasteiger partial charge on any atom is -0.481 e. The number of carboxylic acid groups (broad SMARTS) is 1. The van der Waals surface area contributed by atoms with E-state index in [9.17, 15) is 20.3 Å². The number of aromatic nitrogens is 2. The predicted octanol–water partition coefficient (Wildman–Crippen LogP) is 8.08. The van der Waals surface area contributed by atoms with Gasteiger partial charge in [-0.05, 0) is 91.0 Å². The van der Waals surface area contributed by atoms with Crippen molar-refractivity contribution < 1.29 is 24.5 Å². The maximum absolute atomic E-state index is 11.9. The zero-order chi connectivity index (χ0) is 37.3. The first-order valence-electron chi connectivity index (χ1n) is 17.5. The Morgan fingerprint density at radius 2 is 1.79 bits per heavy atom. The fraction of sp³-hybridized carbons (Fsp3) is 0.286. The van der Waals surface area contributed by atoms with E-state index in [-0.39, 0.29) is 48.4 Å². The van der Waals surface area contributed by atoms with Gasteiger partial charge in [0, 0.05) is 40.7 Å². The summed E-state index contributed by atoms with van der Waals surface area (Å²) in [6, 6.07) is 24.4. The summed E-state index contributed by atoms with van der Waals surface area (Å²) in [6.45, 7) is 1.00. The Balaban J connectivity index is 1.17. The summed E-state index contributed by atoms with van der Waals surface area (Å²) in [7, 11) is 0. The lowest BCUT2D eigenvalue weighted by Crippen LogP contribution is -2.32. The van der Waals surface area contributed by atoms with Crippen LogP contribution in [0.1, 0.15) is 64.8 Å². The number of aryl methyl sites for hydroxylation is 1. The van der Waals surface area contributed by atoms with Crippen molar-refractivity contribution in [2.75, 3.05) is 6.61 Å². The largest absolute Gasteiger partial charge is 0.481 e. The maximum atomic E-state index is 11.9. The quantitative estimate of drug-likeness (QED) is 0.115. The number of rotatable bonds is 12. The van der Waals surface area contributed by atoms with Crippen LogP contribution in [-0.2, 0) is 37.1 Å². The Morgan fingerprint density at radius 3 is 2.58 bits per heavy atom. The van der Waals surface area contributed by atoms with Crippen LogP contribution in [-0.4, -0.2) is 38.8 Å². The molecule has 3 atom stereocenters. The normalized spacial score (nSPS) is 17.1. The number of hydrogen-bond acceptors (Lipinski definition) is 8. The van der Waals surface area contributed by atoms with Crippen molar-refractivity contribution in [3.8, 4) is 40.1 Å². The van der Waals surface area contributed by atoms with Crippen LogP contribution in [0.3, 0.4) is 0 Å². The monoisotopic (exact) mass is 748 g/mol. The fourth-order valence-corrected chi connectivity index (χ4v) is 7.79. The van der Waals surface area contributed by atoms with Crippen molar-refractivity contribution in [2.45, 2.75) is 64.2 Å². The lowest BCUT2D eigenvalue weighted by Gasteiger charge is -2.23. The van der Waals surface area contributed by atoms with Crippen LogP contribution in [0.2, 0.25) is 10.0 Å². The van der Waals surface area contributed by atoms with Gasteiger partial charge in [0.25, 0.3) is 0 Å². The molecule has 0 saturated carbocycles. The summed E-state index contributed by atoms with van der Waals surface area (Å²) in [5.41, 5.74) is 15.2. The summed E-state index contributed by atoms with van der Waals surface area (Å²) in [6.07, 6.45) is 6.24. The number of nitriles is 1. The Hall–Kier alpha value is -4.98. The van der Waals surface area contributed by atoms with Crippen molar-refractivity contribution in [1.29, 1.82) is 5.26 Å². The molecule has 2 aliphatic carbocycles. The van der Waals surface area contributed by atoms with Gasteiger partial charge < -0.3 is 25.4 Å². The van der Waals surface area contributed by atoms with Gasteiger partial charge in [-0.3, -0.25) is 9.78 Å². The van der Waals surface area contributed by atoms with Gasteiger partial charge in [-0.1, -0.05) is 77.8 Å². The van der Waals surface area contributed by atoms with E-state index in [0.29, 0.717) is 28.1 Å². The number of carboxylic acids is 1. The third kappa shape index (κ3) is 7.46. The molecule has 0 radical (unpaired) electrons. The number of fused-ring (bicyclic) bond motifs is 2. The van der Waals surface area contributed by atoms with E-state index in [2.05, 4.69) is 47.5 Å². The Labute approximate surface area is 318 Å². The maximum Gasteiger partial charge on any atom is 0.311 e. The smallest absolute Gasteiger partial charge is 0.311 e. The Bertz CT molecular complexity index is 2260. The van der Waals surface area contributed by atoms with Gasteiger partial charge in [0.1, 0.15) is 23.8 Å². The molecule has 0 fully saturated rings. The van der Waals surface area contributed by atoms with Gasteiger partial charge >= 0.3 is 5.97 Å². The molecule has 0 aliphatic heterocycles. The fourth-order valence-electron chi connectivity index (χ4n) is 7.23. The van der Waals surface area contributed by atoms with Crippen LogP contribution in [0.4, 0.5) is 0 Å². The number of carbonyl (C=O) groups is 1. The van der Waals surface area contributed by atoms with Crippen molar-refractivity contribution in [2.24, 2.45) is 11.1 Å². The second kappa shape index (κ2) is 15.2. The van der Waals surface area contributed by atoms with E-state index in [4.69, 9.17) is 43.4 Å². The molecule has 7 rings (SSSR count). The highest BCUT2D eigenvalue weighted by Gasteiger charge is 2.33. The van der Waals surface area contributed by atoms with E-state index in [1.54, 1.807) is 18.3 Å². The Morgan fingerprint density at radius 1 is 1.02 bits per heavy atom. The van der Waals surface area contributed by atoms with E-state index < -0.39 is 18.0 Å². The van der Waals surface area contributed by atoms with Crippen LogP contribution in [0, 0.1) is 16.7 Å². The number of halogens is 2. The number of hydrogen-bond donors (Lipinski definition) is 3. The third-order valence-corrected chi connectivity index (χ3v) is 11.0. The number of ether oxygens (including phenoxy) is 2. The van der Waals surface area contributed by atoms with E-state index >= 15 is 0 Å². The average molecular weight is 750 g/mol. The zero-order valence-corrected chi connectivity index (χ0v) is 30.6. The number of nitrogens with zero attached hydrogens (tertiary/aromatic N) is 3. The highest BCUT2D eigenvalue weighted by Crippen LogP contribution is 2.45. The molecule has 0 spiro atoms. The molecular formula is C42H38Cl2N4O5. The lowest BCUT2D eigenvalue weighted by molar-refractivity contribution is -0.150. The van der Waals surface area contributed by atoms with Gasteiger partial charge in [0.15, 0.2) is 0 Å². The first-order chi connectivity index (χ1) is 25.6. The number of aliphatic carboxylic acids is 1. The molecule has 1 unspecified atom stereocenters. The number of aliphatic hydroxyl groups excluding tert-OH is 1. The van der Waals surface area contributed by atoms with Crippen LogP contribution in [0.25, 0.3) is 22.3 Å². The standard InChI is InChI=1S/C42H38Cl2N4O5/c1-42(23-49,41(50)51)13-12-28-18-36(43)40(48-39(28)52-22-25-14-24(19-45)20-47-21-25)53-37-11-10-33-32(5-3-6-34(33)37)35-7-2-4-31(38(35)44)27-9-8-26-16-30(46)17-29(26)15-27/h2-9,14-15,18,20-21,30,37,49H,10-13,16-17,22-23,46H2,1H3,(H,50,51)/t30?,37-,42-/m0/s1. The zero-order valence-electron chi connectivity index (χ0n) is 29.1. The summed E-state index contributed by atoms with van der Waals surface area (Å²) in [4.78, 5) is 20.7. The summed E-state index contributed by atoms with van der Waals surface area (Å²) in [5, 5.41) is 29.8. The number of benzene rings is 3. The summed E-state index contributed by atoms with van der Waals surface area (Å²) >= 11 is 14.0. The molecule has 0 amide bonds. The molecule has 2 aliphatic rings. The highest BCUT2D eigenvalue weighted by molar-refractivity contribution is 6.36. The number of aliphatic hydroxyl groups is 1. The predicted molar refractivity (Wildman–Crippen MR) is 203 cm³/mol. The van der Waals surface area contributed by atoms with Crippen LogP contribution in [0.15, 0.2) is 79.1 Å². The van der Waals surface area contributed by atoms with Crippen molar-refractivity contribution in [3.05, 3.63) is 128 Å². The lowest BCUT2D eigenvalue weighted by atomic mass is 9.85. The Kier molecular flexibility index (Phi) is 10.4. The van der Waals surface area contributed by atoms with Gasteiger partial charge in [0.05, 0.1) is 22.6 Å². The first-order valence-corrected chi connectivity index (χ1v) is 18.3.